The predicted molar refractivity (Wildman–Crippen MR) is 78.1 cm³/mol. The maximum Gasteiger partial charge on any atom is 0.243 e. The van der Waals surface area contributed by atoms with E-state index < -0.39 is 20.7 Å². The number of nitrogens with two attached hydrogens (primary N) is 1. The van der Waals surface area contributed by atoms with E-state index in [1.165, 1.54) is 23.5 Å². The van der Waals surface area contributed by atoms with Gasteiger partial charge in [0.25, 0.3) is 0 Å². The van der Waals surface area contributed by atoms with Crippen molar-refractivity contribution >= 4 is 37.3 Å². The van der Waals surface area contributed by atoms with E-state index in [0.717, 1.165) is 0 Å². The zero-order valence-corrected chi connectivity index (χ0v) is 13.4. The van der Waals surface area contributed by atoms with Crippen molar-refractivity contribution < 1.29 is 12.8 Å². The lowest BCUT2D eigenvalue weighted by atomic mass is 10.2. The maximum atomic E-state index is 14.1. The SMILES string of the molecule is NCc1cc(Br)cc(S(=O)(=O)NCc2cscn2)c1F. The van der Waals surface area contributed by atoms with E-state index in [9.17, 15) is 12.8 Å². The molecule has 0 saturated heterocycles. The molecular formula is C11H11BrFN3O2S2. The third kappa shape index (κ3) is 3.41. The molecule has 20 heavy (non-hydrogen) atoms. The molecule has 0 amide bonds. The number of rotatable bonds is 5. The van der Waals surface area contributed by atoms with E-state index >= 15 is 0 Å². The Morgan fingerprint density at radius 3 is 2.80 bits per heavy atom. The van der Waals surface area contributed by atoms with Crippen LogP contribution in [-0.2, 0) is 23.1 Å². The number of nitrogens with one attached hydrogen (secondary N) is 1. The van der Waals surface area contributed by atoms with Gasteiger partial charge in [-0.3, -0.25) is 0 Å². The fourth-order valence-corrected chi connectivity index (χ4v) is 3.89. The molecular weight excluding hydrogens is 369 g/mol. The van der Waals surface area contributed by atoms with Crippen LogP contribution in [0.3, 0.4) is 0 Å². The number of halogens is 2. The molecule has 0 saturated carbocycles. The number of nitrogens with zero attached hydrogens (tertiary/aromatic N) is 1. The lowest BCUT2D eigenvalue weighted by Crippen LogP contribution is -2.25. The zero-order chi connectivity index (χ0) is 14.8. The molecule has 9 heteroatoms. The van der Waals surface area contributed by atoms with Crippen LogP contribution >= 0.6 is 27.3 Å². The number of sulfonamides is 1. The Labute approximate surface area is 128 Å². The first-order valence-electron chi connectivity index (χ1n) is 5.49. The molecule has 0 aliphatic carbocycles. The summed E-state index contributed by atoms with van der Waals surface area (Å²) >= 11 is 4.50. The second kappa shape index (κ2) is 6.27. The normalized spacial score (nSPS) is 11.8. The Kier molecular flexibility index (Phi) is 4.86. The molecule has 5 nitrogen and oxygen atoms in total. The standard InChI is InChI=1S/C11H11BrFN3O2S2/c12-8-1-7(3-14)11(13)10(2-8)20(17,18)16-4-9-5-19-6-15-9/h1-2,5-6,16H,3-4,14H2. The summed E-state index contributed by atoms with van der Waals surface area (Å²) in [7, 11) is -3.97. The molecule has 1 heterocycles. The van der Waals surface area contributed by atoms with Crippen LogP contribution in [0.15, 0.2) is 32.4 Å². The quantitative estimate of drug-likeness (QED) is 0.831. The van der Waals surface area contributed by atoms with Crippen LogP contribution in [0.4, 0.5) is 4.39 Å². The number of benzene rings is 1. The molecule has 0 spiro atoms. The summed E-state index contributed by atoms with van der Waals surface area (Å²) in [4.78, 5) is 3.53. The predicted octanol–water partition coefficient (Wildman–Crippen LogP) is 1.98. The van der Waals surface area contributed by atoms with Crippen molar-refractivity contribution in [2.45, 2.75) is 18.0 Å². The van der Waals surface area contributed by atoms with E-state index in [1.54, 1.807) is 10.9 Å². The molecule has 1 aromatic heterocycles. The summed E-state index contributed by atoms with van der Waals surface area (Å²) in [6.45, 7) is -0.0738. The minimum atomic E-state index is -3.97. The van der Waals surface area contributed by atoms with Crippen molar-refractivity contribution in [3.63, 3.8) is 0 Å². The van der Waals surface area contributed by atoms with Crippen LogP contribution in [-0.4, -0.2) is 13.4 Å². The van der Waals surface area contributed by atoms with Crippen LogP contribution in [0.25, 0.3) is 0 Å². The molecule has 0 bridgehead atoms. The van der Waals surface area contributed by atoms with Crippen LogP contribution in [0.1, 0.15) is 11.3 Å². The molecule has 108 valence electrons. The zero-order valence-electron chi connectivity index (χ0n) is 10.1. The third-order valence-electron chi connectivity index (χ3n) is 2.52. The number of hydrogen-bond acceptors (Lipinski definition) is 5. The van der Waals surface area contributed by atoms with E-state index in [2.05, 4.69) is 25.6 Å². The summed E-state index contributed by atoms with van der Waals surface area (Å²) < 4.78 is 41.1. The van der Waals surface area contributed by atoms with Crippen molar-refractivity contribution in [1.82, 2.24) is 9.71 Å². The molecule has 0 unspecified atom stereocenters. The van der Waals surface area contributed by atoms with Crippen LogP contribution in [0.2, 0.25) is 0 Å². The van der Waals surface area contributed by atoms with E-state index in [-0.39, 0.29) is 18.7 Å². The van der Waals surface area contributed by atoms with Crippen molar-refractivity contribution in [3.05, 3.63) is 44.6 Å². The molecule has 1 aromatic carbocycles. The van der Waals surface area contributed by atoms with Gasteiger partial charge in [0.15, 0.2) is 0 Å². The molecule has 2 aromatic rings. The van der Waals surface area contributed by atoms with Gasteiger partial charge in [-0.05, 0) is 12.1 Å². The van der Waals surface area contributed by atoms with Crippen LogP contribution in [0.5, 0.6) is 0 Å². The molecule has 3 N–H and O–H groups in total. The number of aromatic nitrogens is 1. The molecule has 0 aliphatic heterocycles. The highest BCUT2D eigenvalue weighted by Crippen LogP contribution is 2.24. The smallest absolute Gasteiger partial charge is 0.243 e. The largest absolute Gasteiger partial charge is 0.326 e. The molecule has 2 rings (SSSR count). The van der Waals surface area contributed by atoms with Gasteiger partial charge in [-0.1, -0.05) is 15.9 Å². The molecule has 0 atom stereocenters. The molecule has 0 aliphatic rings. The Morgan fingerprint density at radius 1 is 1.45 bits per heavy atom. The fraction of sp³-hybridized carbons (Fsp3) is 0.182. The summed E-state index contributed by atoms with van der Waals surface area (Å²) in [5.74, 6) is -0.832. The first-order valence-corrected chi connectivity index (χ1v) is 8.70. The lowest BCUT2D eigenvalue weighted by molar-refractivity contribution is 0.549. The summed E-state index contributed by atoms with van der Waals surface area (Å²) in [6, 6.07) is 2.66. The minimum Gasteiger partial charge on any atom is -0.326 e. The average Bonchev–Trinajstić information content (AvgIpc) is 2.92. The molecule has 0 radical (unpaired) electrons. The Bertz CT molecular complexity index is 705. The van der Waals surface area contributed by atoms with Crippen molar-refractivity contribution in [3.8, 4) is 0 Å². The minimum absolute atomic E-state index is 0.00967. The maximum absolute atomic E-state index is 14.1. The van der Waals surface area contributed by atoms with E-state index in [1.807, 2.05) is 0 Å². The van der Waals surface area contributed by atoms with Gasteiger partial charge in [-0.2, -0.15) is 0 Å². The van der Waals surface area contributed by atoms with E-state index in [4.69, 9.17) is 5.73 Å². The highest BCUT2D eigenvalue weighted by molar-refractivity contribution is 9.10. The Morgan fingerprint density at radius 2 is 2.20 bits per heavy atom. The van der Waals surface area contributed by atoms with Gasteiger partial charge in [-0.25, -0.2) is 22.5 Å². The Hall–Kier alpha value is -0.870. The summed E-state index contributed by atoms with van der Waals surface area (Å²) in [5, 5.41) is 1.71. The second-order valence-electron chi connectivity index (χ2n) is 3.89. The van der Waals surface area contributed by atoms with Crippen LogP contribution in [0, 0.1) is 5.82 Å². The fourth-order valence-electron chi connectivity index (χ4n) is 1.53. The van der Waals surface area contributed by atoms with E-state index in [0.29, 0.717) is 10.2 Å². The van der Waals surface area contributed by atoms with Gasteiger partial charge in [0.1, 0.15) is 10.7 Å². The summed E-state index contributed by atoms with van der Waals surface area (Å²) in [5.41, 5.74) is 7.70. The number of hydrogen-bond donors (Lipinski definition) is 2. The topological polar surface area (TPSA) is 85.1 Å². The van der Waals surface area contributed by atoms with Crippen molar-refractivity contribution in [2.24, 2.45) is 5.73 Å². The first kappa shape index (κ1) is 15.5. The van der Waals surface area contributed by atoms with Gasteiger partial charge < -0.3 is 5.73 Å². The van der Waals surface area contributed by atoms with Crippen molar-refractivity contribution in [1.29, 1.82) is 0 Å². The monoisotopic (exact) mass is 379 g/mol. The van der Waals surface area contributed by atoms with Gasteiger partial charge in [0, 0.05) is 22.0 Å². The molecule has 0 fully saturated rings. The second-order valence-corrected chi connectivity index (χ2v) is 7.26. The average molecular weight is 380 g/mol. The van der Waals surface area contributed by atoms with Gasteiger partial charge in [0.2, 0.25) is 10.0 Å². The van der Waals surface area contributed by atoms with Gasteiger partial charge >= 0.3 is 0 Å². The lowest BCUT2D eigenvalue weighted by Gasteiger charge is -2.10. The van der Waals surface area contributed by atoms with Gasteiger partial charge in [0.05, 0.1) is 17.7 Å². The third-order valence-corrected chi connectivity index (χ3v) is 5.01. The Balaban J connectivity index is 2.31. The first-order chi connectivity index (χ1) is 9.44. The highest BCUT2D eigenvalue weighted by atomic mass is 79.9. The summed E-state index contributed by atoms with van der Waals surface area (Å²) in [6.07, 6.45) is 0. The van der Waals surface area contributed by atoms with Crippen LogP contribution < -0.4 is 10.5 Å². The van der Waals surface area contributed by atoms with Crippen molar-refractivity contribution in [2.75, 3.05) is 0 Å². The highest BCUT2D eigenvalue weighted by Gasteiger charge is 2.22. The van der Waals surface area contributed by atoms with Gasteiger partial charge in [-0.15, -0.1) is 11.3 Å². The number of thiazole rings is 1.